The van der Waals surface area contributed by atoms with Crippen LogP contribution in [-0.2, 0) is 9.53 Å². The van der Waals surface area contributed by atoms with Crippen LogP contribution in [0.5, 0.6) is 0 Å². The van der Waals surface area contributed by atoms with Crippen LogP contribution in [0.25, 0.3) is 0 Å². The molecular formula is C15H22N2O2. The summed E-state index contributed by atoms with van der Waals surface area (Å²) in [5.74, 6) is 0.121. The zero-order valence-electron chi connectivity index (χ0n) is 11.6. The predicted octanol–water partition coefficient (Wildman–Crippen LogP) is 2.00. The number of nitrogens with two attached hydrogens (primary N) is 1. The zero-order chi connectivity index (χ0) is 13.8. The minimum Gasteiger partial charge on any atom is -0.381 e. The largest absolute Gasteiger partial charge is 0.381 e. The molecule has 1 aliphatic heterocycles. The lowest BCUT2D eigenvalue weighted by Crippen LogP contribution is -2.44. The monoisotopic (exact) mass is 262 g/mol. The maximum Gasteiger partial charge on any atom is 0.241 e. The number of amides is 1. The molecule has 1 amide bonds. The highest BCUT2D eigenvalue weighted by Gasteiger charge is 2.26. The number of hydrogen-bond donors (Lipinski definition) is 2. The zero-order valence-corrected chi connectivity index (χ0v) is 11.6. The van der Waals surface area contributed by atoms with Gasteiger partial charge in [0, 0.05) is 18.9 Å². The number of ether oxygens (including phenoxy) is 1. The second-order valence-electron chi connectivity index (χ2n) is 5.26. The highest BCUT2D eigenvalue weighted by Crippen LogP contribution is 2.19. The molecule has 0 saturated carbocycles. The number of rotatable bonds is 3. The molecule has 0 aliphatic carbocycles. The lowest BCUT2D eigenvalue weighted by atomic mass is 9.92. The van der Waals surface area contributed by atoms with Crippen molar-refractivity contribution in [2.24, 2.45) is 11.7 Å². The van der Waals surface area contributed by atoms with Crippen molar-refractivity contribution in [3.8, 4) is 0 Å². The van der Waals surface area contributed by atoms with Crippen molar-refractivity contribution in [3.63, 3.8) is 0 Å². The van der Waals surface area contributed by atoms with Gasteiger partial charge in [-0.2, -0.15) is 0 Å². The fourth-order valence-electron chi connectivity index (χ4n) is 2.33. The number of anilines is 1. The summed E-state index contributed by atoms with van der Waals surface area (Å²) in [4.78, 5) is 12.1. The van der Waals surface area contributed by atoms with E-state index < -0.39 is 6.04 Å². The molecule has 0 aromatic heterocycles. The van der Waals surface area contributed by atoms with Crippen LogP contribution in [0.2, 0.25) is 0 Å². The Kier molecular flexibility index (Phi) is 4.56. The molecule has 0 radical (unpaired) electrons. The Bertz CT molecular complexity index is 453. The van der Waals surface area contributed by atoms with Gasteiger partial charge in [-0.15, -0.1) is 0 Å². The molecule has 1 aromatic rings. The smallest absolute Gasteiger partial charge is 0.241 e. The Morgan fingerprint density at radius 1 is 1.32 bits per heavy atom. The first-order chi connectivity index (χ1) is 9.08. The summed E-state index contributed by atoms with van der Waals surface area (Å²) in [7, 11) is 0. The van der Waals surface area contributed by atoms with Crippen LogP contribution < -0.4 is 11.1 Å². The van der Waals surface area contributed by atoms with E-state index in [9.17, 15) is 4.79 Å². The van der Waals surface area contributed by atoms with Crippen LogP contribution in [0, 0.1) is 19.8 Å². The van der Waals surface area contributed by atoms with Crippen LogP contribution in [0.1, 0.15) is 24.0 Å². The summed E-state index contributed by atoms with van der Waals surface area (Å²) in [5, 5.41) is 2.90. The Morgan fingerprint density at radius 2 is 2.00 bits per heavy atom. The molecular weight excluding hydrogens is 240 g/mol. The number of nitrogens with one attached hydrogen (secondary N) is 1. The molecule has 1 unspecified atom stereocenters. The van der Waals surface area contributed by atoms with Crippen LogP contribution >= 0.6 is 0 Å². The third kappa shape index (κ3) is 3.55. The average molecular weight is 262 g/mol. The van der Waals surface area contributed by atoms with Gasteiger partial charge in [0.1, 0.15) is 0 Å². The highest BCUT2D eigenvalue weighted by molar-refractivity contribution is 5.95. The fourth-order valence-corrected chi connectivity index (χ4v) is 2.33. The van der Waals surface area contributed by atoms with Gasteiger partial charge in [0.2, 0.25) is 5.91 Å². The molecule has 0 spiro atoms. The van der Waals surface area contributed by atoms with Crippen LogP contribution in [0.4, 0.5) is 5.69 Å². The van der Waals surface area contributed by atoms with Gasteiger partial charge in [-0.05, 0) is 55.9 Å². The van der Waals surface area contributed by atoms with Crippen molar-refractivity contribution in [1.82, 2.24) is 0 Å². The van der Waals surface area contributed by atoms with Crippen molar-refractivity contribution in [2.75, 3.05) is 18.5 Å². The Balaban J connectivity index is 1.97. The Labute approximate surface area is 114 Å². The Morgan fingerprint density at radius 3 is 2.63 bits per heavy atom. The van der Waals surface area contributed by atoms with E-state index in [0.29, 0.717) is 13.2 Å². The summed E-state index contributed by atoms with van der Waals surface area (Å²) >= 11 is 0. The van der Waals surface area contributed by atoms with Crippen molar-refractivity contribution < 1.29 is 9.53 Å². The van der Waals surface area contributed by atoms with Gasteiger partial charge in [-0.3, -0.25) is 4.79 Å². The van der Waals surface area contributed by atoms with Crippen LogP contribution in [0.15, 0.2) is 18.2 Å². The molecule has 1 saturated heterocycles. The molecule has 3 N–H and O–H groups in total. The molecule has 1 fully saturated rings. The molecule has 1 heterocycles. The second kappa shape index (κ2) is 6.17. The number of aryl methyl sites for hydroxylation is 2. The third-order valence-electron chi connectivity index (χ3n) is 3.85. The van der Waals surface area contributed by atoms with E-state index in [0.717, 1.165) is 24.1 Å². The summed E-state index contributed by atoms with van der Waals surface area (Å²) in [5.41, 5.74) is 9.23. The molecule has 1 aliphatic rings. The SMILES string of the molecule is Cc1ccc(NC(=O)C(N)C2CCOCC2)cc1C. The van der Waals surface area contributed by atoms with Gasteiger partial charge in [0.05, 0.1) is 6.04 Å². The van der Waals surface area contributed by atoms with Gasteiger partial charge < -0.3 is 15.8 Å². The lowest BCUT2D eigenvalue weighted by Gasteiger charge is -2.26. The number of benzene rings is 1. The van der Waals surface area contributed by atoms with Gasteiger partial charge in [-0.1, -0.05) is 6.07 Å². The van der Waals surface area contributed by atoms with Crippen molar-refractivity contribution in [1.29, 1.82) is 0 Å². The van der Waals surface area contributed by atoms with Gasteiger partial charge in [-0.25, -0.2) is 0 Å². The third-order valence-corrected chi connectivity index (χ3v) is 3.85. The molecule has 2 rings (SSSR count). The topological polar surface area (TPSA) is 64.4 Å². The quantitative estimate of drug-likeness (QED) is 0.875. The molecule has 19 heavy (non-hydrogen) atoms. The number of carbonyl (C=O) groups excluding carboxylic acids is 1. The molecule has 1 atom stereocenters. The maximum atomic E-state index is 12.1. The number of hydrogen-bond acceptors (Lipinski definition) is 3. The average Bonchev–Trinajstić information content (AvgIpc) is 2.43. The maximum absolute atomic E-state index is 12.1. The molecule has 4 heteroatoms. The summed E-state index contributed by atoms with van der Waals surface area (Å²) < 4.78 is 5.29. The van der Waals surface area contributed by atoms with E-state index in [1.54, 1.807) is 0 Å². The predicted molar refractivity (Wildman–Crippen MR) is 76.1 cm³/mol. The minimum atomic E-state index is -0.453. The summed E-state index contributed by atoms with van der Waals surface area (Å²) in [6.07, 6.45) is 1.73. The van der Waals surface area contributed by atoms with Crippen LogP contribution in [-0.4, -0.2) is 25.2 Å². The van der Waals surface area contributed by atoms with Crippen molar-refractivity contribution in [2.45, 2.75) is 32.7 Å². The fraction of sp³-hybridized carbons (Fsp3) is 0.533. The van der Waals surface area contributed by atoms with E-state index in [2.05, 4.69) is 12.2 Å². The van der Waals surface area contributed by atoms with E-state index in [4.69, 9.17) is 10.5 Å². The Hall–Kier alpha value is -1.39. The van der Waals surface area contributed by atoms with Gasteiger partial charge in [0.25, 0.3) is 0 Å². The lowest BCUT2D eigenvalue weighted by molar-refractivity contribution is -0.119. The van der Waals surface area contributed by atoms with Gasteiger partial charge in [0.15, 0.2) is 0 Å². The van der Waals surface area contributed by atoms with Crippen molar-refractivity contribution in [3.05, 3.63) is 29.3 Å². The first-order valence-electron chi connectivity index (χ1n) is 6.79. The van der Waals surface area contributed by atoms with E-state index in [1.807, 2.05) is 25.1 Å². The van der Waals surface area contributed by atoms with E-state index in [-0.39, 0.29) is 11.8 Å². The van der Waals surface area contributed by atoms with E-state index >= 15 is 0 Å². The molecule has 1 aromatic carbocycles. The molecule has 0 bridgehead atoms. The molecule has 4 nitrogen and oxygen atoms in total. The van der Waals surface area contributed by atoms with Gasteiger partial charge >= 0.3 is 0 Å². The first kappa shape index (κ1) is 14.0. The standard InChI is InChI=1S/C15H22N2O2/c1-10-3-4-13(9-11(10)2)17-15(18)14(16)12-5-7-19-8-6-12/h3-4,9,12,14H,5-8,16H2,1-2H3,(H,17,18). The summed E-state index contributed by atoms with van der Waals surface area (Å²) in [6.45, 7) is 5.49. The molecule has 104 valence electrons. The second-order valence-corrected chi connectivity index (χ2v) is 5.26. The van der Waals surface area contributed by atoms with Crippen molar-refractivity contribution >= 4 is 11.6 Å². The van der Waals surface area contributed by atoms with E-state index in [1.165, 1.54) is 5.56 Å². The normalized spacial score (nSPS) is 18.1. The minimum absolute atomic E-state index is 0.102. The number of carbonyl (C=O) groups is 1. The summed E-state index contributed by atoms with van der Waals surface area (Å²) in [6, 6.07) is 5.44. The van der Waals surface area contributed by atoms with Crippen LogP contribution in [0.3, 0.4) is 0 Å². The highest BCUT2D eigenvalue weighted by atomic mass is 16.5. The first-order valence-corrected chi connectivity index (χ1v) is 6.79.